The number of ether oxygens (including phenoxy) is 1. The monoisotopic (exact) mass is 268 g/mol. The van der Waals surface area contributed by atoms with Crippen LogP contribution in [-0.2, 0) is 4.74 Å². The van der Waals surface area contributed by atoms with Gasteiger partial charge < -0.3 is 15.0 Å². The predicted octanol–water partition coefficient (Wildman–Crippen LogP) is 2.51. The highest BCUT2D eigenvalue weighted by atomic mass is 16.5. The zero-order chi connectivity index (χ0) is 13.7. The van der Waals surface area contributed by atoms with Gasteiger partial charge in [0.05, 0.1) is 0 Å². The lowest BCUT2D eigenvalue weighted by Gasteiger charge is -2.33. The molecule has 1 aliphatic carbocycles. The van der Waals surface area contributed by atoms with Crippen molar-refractivity contribution in [2.45, 2.75) is 52.5 Å². The molecule has 19 heavy (non-hydrogen) atoms. The molecule has 2 aliphatic rings. The van der Waals surface area contributed by atoms with E-state index in [1.807, 2.05) is 0 Å². The Balaban J connectivity index is 1.63. The van der Waals surface area contributed by atoms with Crippen molar-refractivity contribution in [2.24, 2.45) is 11.3 Å². The second kappa shape index (κ2) is 7.05. The highest BCUT2D eigenvalue weighted by Crippen LogP contribution is 2.28. The molecule has 2 fully saturated rings. The first-order valence-corrected chi connectivity index (χ1v) is 8.09. The molecule has 2 rings (SSSR count). The van der Waals surface area contributed by atoms with Crippen molar-refractivity contribution in [2.75, 3.05) is 39.4 Å². The summed E-state index contributed by atoms with van der Waals surface area (Å²) in [5, 5.41) is 3.70. The average molecular weight is 268 g/mol. The number of rotatable bonds is 6. The number of nitrogens with zero attached hydrogens (tertiary/aromatic N) is 1. The van der Waals surface area contributed by atoms with Crippen LogP contribution in [0.3, 0.4) is 0 Å². The molecule has 1 heterocycles. The van der Waals surface area contributed by atoms with Gasteiger partial charge >= 0.3 is 0 Å². The van der Waals surface area contributed by atoms with E-state index in [9.17, 15) is 0 Å². The number of hydrogen-bond acceptors (Lipinski definition) is 3. The molecular formula is C16H32N2O. The fraction of sp³-hybridized carbons (Fsp3) is 1.00. The third kappa shape index (κ3) is 5.80. The zero-order valence-corrected chi connectivity index (χ0v) is 13.1. The van der Waals surface area contributed by atoms with Crippen LogP contribution in [-0.4, -0.2) is 50.3 Å². The van der Waals surface area contributed by atoms with Crippen molar-refractivity contribution in [3.8, 4) is 0 Å². The van der Waals surface area contributed by atoms with Gasteiger partial charge in [0.2, 0.25) is 0 Å². The number of hydrogen-bond donors (Lipinski definition) is 1. The molecule has 1 unspecified atom stereocenters. The maximum Gasteiger partial charge on any atom is 0.0494 e. The van der Waals surface area contributed by atoms with E-state index in [-0.39, 0.29) is 0 Å². The largest absolute Gasteiger partial charge is 0.381 e. The minimum absolute atomic E-state index is 0.352. The Hall–Kier alpha value is -0.120. The topological polar surface area (TPSA) is 24.5 Å². The lowest BCUT2D eigenvalue weighted by molar-refractivity contribution is 0.109. The Morgan fingerprint density at radius 3 is 2.74 bits per heavy atom. The molecule has 1 atom stereocenters. The van der Waals surface area contributed by atoms with Crippen molar-refractivity contribution < 1.29 is 4.74 Å². The minimum atomic E-state index is 0.352. The lowest BCUT2D eigenvalue weighted by atomic mass is 9.86. The van der Waals surface area contributed by atoms with E-state index in [2.05, 4.69) is 31.0 Å². The van der Waals surface area contributed by atoms with E-state index in [0.29, 0.717) is 11.5 Å². The molecule has 3 nitrogen and oxygen atoms in total. The molecule has 0 aromatic rings. The van der Waals surface area contributed by atoms with Gasteiger partial charge in [-0.3, -0.25) is 0 Å². The quantitative estimate of drug-likeness (QED) is 0.749. The third-order valence-corrected chi connectivity index (χ3v) is 4.34. The van der Waals surface area contributed by atoms with E-state index in [4.69, 9.17) is 4.74 Å². The van der Waals surface area contributed by atoms with Gasteiger partial charge in [-0.15, -0.1) is 0 Å². The van der Waals surface area contributed by atoms with Crippen LogP contribution in [0.25, 0.3) is 0 Å². The van der Waals surface area contributed by atoms with Crippen molar-refractivity contribution >= 4 is 0 Å². The van der Waals surface area contributed by atoms with Crippen LogP contribution >= 0.6 is 0 Å². The summed E-state index contributed by atoms with van der Waals surface area (Å²) in [7, 11) is 0. The first kappa shape index (κ1) is 15.3. The van der Waals surface area contributed by atoms with Crippen molar-refractivity contribution in [1.82, 2.24) is 10.2 Å². The Morgan fingerprint density at radius 1 is 1.26 bits per heavy atom. The van der Waals surface area contributed by atoms with E-state index >= 15 is 0 Å². The van der Waals surface area contributed by atoms with Gasteiger partial charge in [-0.1, -0.05) is 20.8 Å². The molecule has 1 N–H and O–H groups in total. The van der Waals surface area contributed by atoms with E-state index in [1.54, 1.807) is 0 Å². The maximum atomic E-state index is 5.73. The van der Waals surface area contributed by atoms with Crippen molar-refractivity contribution in [3.05, 3.63) is 0 Å². The smallest absolute Gasteiger partial charge is 0.0494 e. The molecule has 0 aromatic carbocycles. The molecule has 1 saturated carbocycles. The maximum absolute atomic E-state index is 5.73. The Morgan fingerprint density at radius 2 is 2.05 bits per heavy atom. The predicted molar refractivity (Wildman–Crippen MR) is 80.5 cm³/mol. The molecule has 1 saturated heterocycles. The third-order valence-electron chi connectivity index (χ3n) is 4.34. The summed E-state index contributed by atoms with van der Waals surface area (Å²) in [4.78, 5) is 2.62. The second-order valence-electron chi connectivity index (χ2n) is 7.40. The van der Waals surface area contributed by atoms with Gasteiger partial charge in [-0.25, -0.2) is 0 Å². The summed E-state index contributed by atoms with van der Waals surface area (Å²) in [5.74, 6) is 0.896. The average Bonchev–Trinajstić information content (AvgIpc) is 3.13. The molecule has 0 radical (unpaired) electrons. The molecule has 0 aromatic heterocycles. The van der Waals surface area contributed by atoms with Gasteiger partial charge in [-0.2, -0.15) is 0 Å². The van der Waals surface area contributed by atoms with Gasteiger partial charge in [0.15, 0.2) is 0 Å². The molecule has 0 amide bonds. The normalized spacial score (nSPS) is 26.4. The summed E-state index contributed by atoms with van der Waals surface area (Å²) in [6.45, 7) is 13.8. The van der Waals surface area contributed by atoms with Crippen LogP contribution in [0, 0.1) is 11.3 Å². The van der Waals surface area contributed by atoms with E-state index < -0.39 is 0 Å². The standard InChI is InChI=1S/C16H32N2O/c1-16(2,3)15-12-18(9-4-8-17-15)10-5-11-19-13-14-6-7-14/h14-15,17H,4-13H2,1-3H3. The molecule has 3 heteroatoms. The Labute approximate surface area is 119 Å². The Bertz CT molecular complexity index is 258. The van der Waals surface area contributed by atoms with Crippen molar-refractivity contribution in [3.63, 3.8) is 0 Å². The zero-order valence-electron chi connectivity index (χ0n) is 13.1. The van der Waals surface area contributed by atoms with Gasteiger partial charge in [0.25, 0.3) is 0 Å². The highest BCUT2D eigenvalue weighted by Gasteiger charge is 2.27. The SMILES string of the molecule is CC(C)(C)C1CN(CCCOCC2CC2)CCCN1. The first-order valence-electron chi connectivity index (χ1n) is 8.09. The lowest BCUT2D eigenvalue weighted by Crippen LogP contribution is -2.46. The summed E-state index contributed by atoms with van der Waals surface area (Å²) >= 11 is 0. The molecule has 0 spiro atoms. The highest BCUT2D eigenvalue weighted by molar-refractivity contribution is 4.85. The van der Waals surface area contributed by atoms with Gasteiger partial charge in [-0.05, 0) is 50.1 Å². The van der Waals surface area contributed by atoms with E-state index in [0.717, 1.165) is 25.7 Å². The summed E-state index contributed by atoms with van der Waals surface area (Å²) in [6.07, 6.45) is 5.25. The fourth-order valence-corrected chi connectivity index (χ4v) is 2.70. The molecular weight excluding hydrogens is 236 g/mol. The van der Waals surface area contributed by atoms with Crippen LogP contribution < -0.4 is 5.32 Å². The molecule has 1 aliphatic heterocycles. The van der Waals surface area contributed by atoms with Crippen LogP contribution in [0.2, 0.25) is 0 Å². The molecule has 112 valence electrons. The van der Waals surface area contributed by atoms with Crippen LogP contribution in [0.4, 0.5) is 0 Å². The number of nitrogens with one attached hydrogen (secondary N) is 1. The van der Waals surface area contributed by atoms with Gasteiger partial charge in [0.1, 0.15) is 0 Å². The van der Waals surface area contributed by atoms with Crippen LogP contribution in [0.15, 0.2) is 0 Å². The van der Waals surface area contributed by atoms with E-state index in [1.165, 1.54) is 45.3 Å². The molecule has 0 bridgehead atoms. The summed E-state index contributed by atoms with van der Waals surface area (Å²) in [5.41, 5.74) is 0.352. The fourth-order valence-electron chi connectivity index (χ4n) is 2.70. The van der Waals surface area contributed by atoms with Crippen LogP contribution in [0.1, 0.15) is 46.5 Å². The second-order valence-corrected chi connectivity index (χ2v) is 7.40. The first-order chi connectivity index (χ1) is 9.05. The summed E-state index contributed by atoms with van der Waals surface area (Å²) < 4.78 is 5.73. The Kier molecular flexibility index (Phi) is 5.67. The van der Waals surface area contributed by atoms with Crippen molar-refractivity contribution in [1.29, 1.82) is 0 Å². The minimum Gasteiger partial charge on any atom is -0.381 e. The van der Waals surface area contributed by atoms with Crippen LogP contribution in [0.5, 0.6) is 0 Å². The van der Waals surface area contributed by atoms with Gasteiger partial charge in [0, 0.05) is 32.3 Å². The summed E-state index contributed by atoms with van der Waals surface area (Å²) in [6, 6.07) is 0.613.